The third-order valence-corrected chi connectivity index (χ3v) is 8.16. The Morgan fingerprint density at radius 1 is 1.07 bits per heavy atom. The first-order valence-electron chi connectivity index (χ1n) is 14.6. The van der Waals surface area contributed by atoms with E-state index in [2.05, 4.69) is 20.2 Å². The lowest BCUT2D eigenvalue weighted by Gasteiger charge is -2.36. The zero-order valence-electron chi connectivity index (χ0n) is 25.1. The fraction of sp³-hybridized carbons (Fsp3) is 0.387. The van der Waals surface area contributed by atoms with Crippen molar-refractivity contribution >= 4 is 28.9 Å². The predicted molar refractivity (Wildman–Crippen MR) is 161 cm³/mol. The van der Waals surface area contributed by atoms with Gasteiger partial charge in [0.15, 0.2) is 0 Å². The van der Waals surface area contributed by atoms with E-state index in [0.717, 1.165) is 11.1 Å². The van der Waals surface area contributed by atoms with Crippen molar-refractivity contribution in [3.8, 4) is 16.9 Å². The molecule has 0 bridgehead atoms. The van der Waals surface area contributed by atoms with Crippen molar-refractivity contribution in [1.82, 2.24) is 29.5 Å². The molecular weight excluding hydrogens is 588 g/mol. The number of piperazine rings is 1. The van der Waals surface area contributed by atoms with Crippen LogP contribution in [0.15, 0.2) is 53.6 Å². The standard InChI is InChI=1S/C31H33F2N7O5/c1-18(2)28(42)44-17-19-4-7-26(45-29(32)33)21(10-19)15-40-25-11-20(5-6-24(25)27(41)37(40)3)22-12-34-30(35-13-22)38-8-9-39-23(16-38)14-36-31(39)43/h4-7,10-13,18,23,29H,8-9,14-17H2,1-3H3,(H,36,43)/t23-/m1/s1. The van der Waals surface area contributed by atoms with Gasteiger partial charge >= 0.3 is 18.6 Å². The van der Waals surface area contributed by atoms with Crippen LogP contribution in [0.4, 0.5) is 19.5 Å². The summed E-state index contributed by atoms with van der Waals surface area (Å²) in [6.45, 7) is 2.86. The molecule has 2 amide bonds. The smallest absolute Gasteiger partial charge is 0.387 e. The number of benzene rings is 2. The first kappa shape index (κ1) is 30.0. The zero-order chi connectivity index (χ0) is 31.8. The quantitative estimate of drug-likeness (QED) is 0.282. The van der Waals surface area contributed by atoms with Crippen molar-refractivity contribution in [2.45, 2.75) is 39.7 Å². The van der Waals surface area contributed by atoms with Gasteiger partial charge in [0, 0.05) is 56.7 Å². The molecule has 12 nitrogen and oxygen atoms in total. The molecule has 45 heavy (non-hydrogen) atoms. The van der Waals surface area contributed by atoms with Crippen molar-refractivity contribution in [3.05, 3.63) is 70.3 Å². The molecule has 2 aliphatic heterocycles. The Kier molecular flexibility index (Phi) is 8.12. The number of hydrogen-bond acceptors (Lipinski definition) is 8. The van der Waals surface area contributed by atoms with Gasteiger partial charge in [-0.1, -0.05) is 26.0 Å². The van der Waals surface area contributed by atoms with Gasteiger partial charge in [-0.05, 0) is 35.4 Å². The number of esters is 1. The second-order valence-electron chi connectivity index (χ2n) is 11.5. The molecule has 0 radical (unpaired) electrons. The summed E-state index contributed by atoms with van der Waals surface area (Å²) < 4.78 is 39.8. The highest BCUT2D eigenvalue weighted by Crippen LogP contribution is 2.28. The molecule has 2 aromatic carbocycles. The molecule has 6 rings (SSSR count). The summed E-state index contributed by atoms with van der Waals surface area (Å²) in [6.07, 6.45) is 3.44. The first-order chi connectivity index (χ1) is 21.6. The Morgan fingerprint density at radius 3 is 2.58 bits per heavy atom. The summed E-state index contributed by atoms with van der Waals surface area (Å²) in [7, 11) is 1.61. The van der Waals surface area contributed by atoms with E-state index in [1.54, 1.807) is 56.2 Å². The minimum atomic E-state index is -3.05. The number of alkyl halides is 2. The van der Waals surface area contributed by atoms with Crippen molar-refractivity contribution in [2.75, 3.05) is 31.1 Å². The van der Waals surface area contributed by atoms with Crippen molar-refractivity contribution < 1.29 is 27.8 Å². The van der Waals surface area contributed by atoms with E-state index in [1.165, 1.54) is 10.7 Å². The summed E-state index contributed by atoms with van der Waals surface area (Å²) >= 11 is 0. The highest BCUT2D eigenvalue weighted by atomic mass is 19.3. The summed E-state index contributed by atoms with van der Waals surface area (Å²) in [6, 6.07) is 10.0. The number of fused-ring (bicyclic) bond motifs is 2. The number of carbonyl (C=O) groups is 2. The normalized spacial score (nSPS) is 16.4. The maximum absolute atomic E-state index is 13.3. The van der Waals surface area contributed by atoms with Crippen LogP contribution in [-0.2, 0) is 29.7 Å². The Bertz CT molecular complexity index is 1800. The van der Waals surface area contributed by atoms with Gasteiger partial charge in [-0.2, -0.15) is 8.78 Å². The first-order valence-corrected chi connectivity index (χ1v) is 14.6. The van der Waals surface area contributed by atoms with E-state index in [0.29, 0.717) is 54.2 Å². The number of hydrogen-bond donors (Lipinski definition) is 1. The second-order valence-corrected chi connectivity index (χ2v) is 11.5. The SMILES string of the molecule is CC(C)C(=O)OCc1ccc(OC(F)F)c(Cn2c3cc(-c4cnc(N5CCN6C(=O)NC[C@@H]6C5)nc4)ccc3c(=O)n2C)c1. The number of carbonyl (C=O) groups excluding carboxylic acids is 2. The molecule has 1 atom stereocenters. The number of anilines is 1. The summed E-state index contributed by atoms with van der Waals surface area (Å²) in [5.41, 5.74) is 2.81. The average molecular weight is 622 g/mol. The molecule has 1 N–H and O–H groups in total. The summed E-state index contributed by atoms with van der Waals surface area (Å²) in [5.74, 6) is -0.162. The number of aromatic nitrogens is 4. The fourth-order valence-electron chi connectivity index (χ4n) is 5.70. The molecule has 14 heteroatoms. The van der Waals surface area contributed by atoms with Crippen LogP contribution in [0, 0.1) is 5.92 Å². The minimum Gasteiger partial charge on any atom is -0.461 e. The van der Waals surface area contributed by atoms with Gasteiger partial charge in [-0.15, -0.1) is 0 Å². The summed E-state index contributed by atoms with van der Waals surface area (Å²) in [5, 5.41) is 3.32. The monoisotopic (exact) mass is 621 g/mol. The number of nitrogens with one attached hydrogen (secondary N) is 1. The lowest BCUT2D eigenvalue weighted by molar-refractivity contribution is -0.148. The molecule has 0 unspecified atom stereocenters. The van der Waals surface area contributed by atoms with Crippen LogP contribution in [0.1, 0.15) is 25.0 Å². The third kappa shape index (κ3) is 6.04. The molecule has 0 saturated carbocycles. The van der Waals surface area contributed by atoms with E-state index in [1.807, 2.05) is 17.0 Å². The van der Waals surface area contributed by atoms with Gasteiger partial charge in [-0.25, -0.2) is 14.8 Å². The van der Waals surface area contributed by atoms with Gasteiger partial charge in [0.25, 0.3) is 5.56 Å². The van der Waals surface area contributed by atoms with E-state index >= 15 is 0 Å². The van der Waals surface area contributed by atoms with Crippen LogP contribution in [0.3, 0.4) is 0 Å². The van der Waals surface area contributed by atoms with Gasteiger partial charge in [0.1, 0.15) is 12.4 Å². The lowest BCUT2D eigenvalue weighted by Crippen LogP contribution is -2.52. The van der Waals surface area contributed by atoms with Crippen LogP contribution >= 0.6 is 0 Å². The number of nitrogens with zero attached hydrogens (tertiary/aromatic N) is 6. The number of rotatable bonds is 9. The van der Waals surface area contributed by atoms with Crippen LogP contribution in [-0.4, -0.2) is 75.1 Å². The Morgan fingerprint density at radius 2 is 1.84 bits per heavy atom. The van der Waals surface area contributed by atoms with E-state index in [-0.39, 0.29) is 48.4 Å². The zero-order valence-corrected chi connectivity index (χ0v) is 25.1. The molecule has 4 heterocycles. The van der Waals surface area contributed by atoms with Crippen LogP contribution in [0.5, 0.6) is 5.75 Å². The molecule has 0 aliphatic carbocycles. The highest BCUT2D eigenvalue weighted by Gasteiger charge is 2.36. The van der Waals surface area contributed by atoms with Crippen molar-refractivity contribution in [1.29, 1.82) is 0 Å². The number of halogens is 2. The Labute approximate surface area is 257 Å². The molecule has 4 aromatic rings. The van der Waals surface area contributed by atoms with E-state index < -0.39 is 6.61 Å². The topological polar surface area (TPSA) is 124 Å². The molecule has 2 fully saturated rings. The maximum Gasteiger partial charge on any atom is 0.387 e. The van der Waals surface area contributed by atoms with Crippen molar-refractivity contribution in [3.63, 3.8) is 0 Å². The van der Waals surface area contributed by atoms with E-state index in [9.17, 15) is 23.2 Å². The molecule has 0 spiro atoms. The number of amides is 2. The third-order valence-electron chi connectivity index (χ3n) is 8.16. The maximum atomic E-state index is 13.3. The summed E-state index contributed by atoms with van der Waals surface area (Å²) in [4.78, 5) is 50.1. The number of urea groups is 1. The molecule has 2 saturated heterocycles. The largest absolute Gasteiger partial charge is 0.461 e. The second kappa shape index (κ2) is 12.2. The highest BCUT2D eigenvalue weighted by molar-refractivity contribution is 5.84. The van der Waals surface area contributed by atoms with Crippen LogP contribution in [0.2, 0.25) is 0 Å². The molecular formula is C31H33F2N7O5. The van der Waals surface area contributed by atoms with Crippen LogP contribution < -0.4 is 20.5 Å². The molecule has 236 valence electrons. The Balaban J connectivity index is 1.28. The average Bonchev–Trinajstić information content (AvgIpc) is 3.52. The van der Waals surface area contributed by atoms with Gasteiger partial charge < -0.3 is 24.6 Å². The Hall–Kier alpha value is -5.01. The molecule has 2 aromatic heterocycles. The van der Waals surface area contributed by atoms with Gasteiger partial charge in [-0.3, -0.25) is 19.0 Å². The number of ether oxygens (including phenoxy) is 2. The lowest BCUT2D eigenvalue weighted by atomic mass is 10.1. The predicted octanol–water partition coefficient (Wildman–Crippen LogP) is 3.36. The van der Waals surface area contributed by atoms with Gasteiger partial charge in [0.2, 0.25) is 5.95 Å². The van der Waals surface area contributed by atoms with Crippen LogP contribution in [0.25, 0.3) is 22.0 Å². The minimum absolute atomic E-state index is 0.0319. The van der Waals surface area contributed by atoms with E-state index in [4.69, 9.17) is 9.47 Å². The molecule has 2 aliphatic rings. The van der Waals surface area contributed by atoms with Crippen molar-refractivity contribution in [2.24, 2.45) is 13.0 Å². The fourth-order valence-corrected chi connectivity index (χ4v) is 5.70. The van der Waals surface area contributed by atoms with Gasteiger partial charge in [0.05, 0.1) is 29.4 Å².